The number of nitrogens with zero attached hydrogens (tertiary/aromatic N) is 4. The van der Waals surface area contributed by atoms with Crippen molar-refractivity contribution >= 4 is 29.0 Å². The van der Waals surface area contributed by atoms with Gasteiger partial charge in [-0.1, -0.05) is 72.4 Å². The molecule has 2 aromatic heterocycles. The van der Waals surface area contributed by atoms with Crippen LogP contribution in [0.3, 0.4) is 0 Å². The molecule has 0 aliphatic heterocycles. The van der Waals surface area contributed by atoms with Gasteiger partial charge in [-0.3, -0.25) is 4.79 Å². The van der Waals surface area contributed by atoms with E-state index in [0.717, 1.165) is 22.5 Å². The average Bonchev–Trinajstić information content (AvgIpc) is 3.22. The number of amides is 1. The van der Waals surface area contributed by atoms with E-state index in [1.54, 1.807) is 16.2 Å². The Morgan fingerprint density at radius 1 is 0.935 bits per heavy atom. The van der Waals surface area contributed by atoms with E-state index in [4.69, 9.17) is 4.98 Å². The Kier molecular flexibility index (Phi) is 6.74. The Balaban J connectivity index is 1.53. The van der Waals surface area contributed by atoms with Crippen LogP contribution in [0.5, 0.6) is 0 Å². The van der Waals surface area contributed by atoms with Crippen molar-refractivity contribution in [1.29, 1.82) is 0 Å². The molecule has 0 aliphatic rings. The first-order chi connectivity index (χ1) is 15.1. The van der Waals surface area contributed by atoms with Crippen LogP contribution in [0, 0.1) is 6.92 Å². The van der Waals surface area contributed by atoms with Gasteiger partial charge in [-0.05, 0) is 23.9 Å². The van der Waals surface area contributed by atoms with Crippen LogP contribution < -0.4 is 0 Å². The van der Waals surface area contributed by atoms with Gasteiger partial charge in [-0.15, -0.1) is 21.5 Å². The molecule has 0 saturated carbocycles. The van der Waals surface area contributed by atoms with E-state index in [1.807, 2.05) is 67.7 Å². The molecule has 4 rings (SSSR count). The number of carbonyl (C=O) groups is 1. The number of hydrogen-bond donors (Lipinski definition) is 0. The molecule has 0 saturated heterocycles. The summed E-state index contributed by atoms with van der Waals surface area (Å²) in [7, 11) is 1.83. The van der Waals surface area contributed by atoms with Crippen molar-refractivity contribution in [2.75, 3.05) is 12.8 Å². The highest BCUT2D eigenvalue weighted by molar-refractivity contribution is 7.99. The highest BCUT2D eigenvalue weighted by Gasteiger charge is 2.16. The van der Waals surface area contributed by atoms with E-state index in [0.29, 0.717) is 11.7 Å². The maximum atomic E-state index is 12.6. The first kappa shape index (κ1) is 21.2. The fourth-order valence-electron chi connectivity index (χ4n) is 3.07. The number of thiophene rings is 1. The molecule has 0 aliphatic carbocycles. The summed E-state index contributed by atoms with van der Waals surface area (Å²) >= 11 is 2.99. The lowest BCUT2D eigenvalue weighted by Crippen LogP contribution is -2.27. The second-order valence-corrected chi connectivity index (χ2v) is 9.03. The Hall–Kier alpha value is -3.03. The summed E-state index contributed by atoms with van der Waals surface area (Å²) in [5.74, 6) is 0.302. The van der Waals surface area contributed by atoms with Crippen molar-refractivity contribution in [2.24, 2.45) is 0 Å². The summed E-state index contributed by atoms with van der Waals surface area (Å²) in [6.45, 7) is 2.68. The fraction of sp³-hybridized carbons (Fsp3) is 0.167. The minimum Gasteiger partial charge on any atom is -0.340 e. The lowest BCUT2D eigenvalue weighted by molar-refractivity contribution is -0.127. The Morgan fingerprint density at radius 2 is 1.58 bits per heavy atom. The van der Waals surface area contributed by atoms with Gasteiger partial charge in [0.05, 0.1) is 12.3 Å². The Bertz CT molecular complexity index is 1160. The van der Waals surface area contributed by atoms with Crippen molar-refractivity contribution in [2.45, 2.75) is 18.6 Å². The molecule has 0 radical (unpaired) electrons. The number of thioether (sulfide) groups is 1. The first-order valence-electron chi connectivity index (χ1n) is 9.87. The largest absolute Gasteiger partial charge is 0.340 e. The Morgan fingerprint density at radius 3 is 2.19 bits per heavy atom. The number of aryl methyl sites for hydroxylation is 1. The third-order valence-electron chi connectivity index (χ3n) is 4.86. The molecule has 31 heavy (non-hydrogen) atoms. The van der Waals surface area contributed by atoms with Gasteiger partial charge in [0, 0.05) is 23.1 Å². The van der Waals surface area contributed by atoms with E-state index in [9.17, 15) is 4.79 Å². The summed E-state index contributed by atoms with van der Waals surface area (Å²) in [4.78, 5) is 20.3. The molecule has 5 nitrogen and oxygen atoms in total. The molecule has 0 bridgehead atoms. The quantitative estimate of drug-likeness (QED) is 0.359. The van der Waals surface area contributed by atoms with Crippen molar-refractivity contribution in [3.05, 3.63) is 82.6 Å². The summed E-state index contributed by atoms with van der Waals surface area (Å²) in [6, 6.07) is 21.9. The number of carbonyl (C=O) groups excluding carboxylic acids is 1. The zero-order valence-electron chi connectivity index (χ0n) is 17.4. The zero-order valence-corrected chi connectivity index (χ0v) is 19.0. The molecule has 156 valence electrons. The van der Waals surface area contributed by atoms with Gasteiger partial charge < -0.3 is 4.90 Å². The van der Waals surface area contributed by atoms with Crippen LogP contribution in [0.1, 0.15) is 10.4 Å². The molecule has 0 fully saturated rings. The van der Waals surface area contributed by atoms with Crippen LogP contribution in [-0.4, -0.2) is 38.8 Å². The van der Waals surface area contributed by atoms with Gasteiger partial charge in [0.15, 0.2) is 0 Å². The van der Waals surface area contributed by atoms with Crippen LogP contribution in [0.15, 0.2) is 77.3 Å². The van der Waals surface area contributed by atoms with Gasteiger partial charge in [-0.25, -0.2) is 4.98 Å². The molecular weight excluding hydrogens is 424 g/mol. The molecule has 0 spiro atoms. The van der Waals surface area contributed by atoms with Crippen molar-refractivity contribution in [1.82, 2.24) is 20.1 Å². The predicted octanol–water partition coefficient (Wildman–Crippen LogP) is 5.33. The highest BCUT2D eigenvalue weighted by atomic mass is 32.2. The van der Waals surface area contributed by atoms with E-state index in [1.165, 1.54) is 22.2 Å². The van der Waals surface area contributed by atoms with E-state index in [2.05, 4.69) is 28.6 Å². The highest BCUT2D eigenvalue weighted by Crippen LogP contribution is 2.29. The minimum atomic E-state index is 0.0368. The fourth-order valence-corrected chi connectivity index (χ4v) is 4.75. The molecule has 4 aromatic rings. The summed E-state index contributed by atoms with van der Waals surface area (Å²) in [6.07, 6.45) is 0. The van der Waals surface area contributed by atoms with Gasteiger partial charge in [0.2, 0.25) is 11.1 Å². The topological polar surface area (TPSA) is 59.0 Å². The molecule has 0 atom stereocenters. The SMILES string of the molecule is Cc1ccsc1CN(C)C(=O)CSc1nnc(-c2ccccc2)c(-c2ccccc2)n1. The molecule has 0 unspecified atom stereocenters. The second kappa shape index (κ2) is 9.85. The molecule has 1 amide bonds. The van der Waals surface area contributed by atoms with Gasteiger partial charge in [0.1, 0.15) is 11.4 Å². The van der Waals surface area contributed by atoms with Crippen LogP contribution >= 0.6 is 23.1 Å². The van der Waals surface area contributed by atoms with Crippen LogP contribution in [0.2, 0.25) is 0 Å². The second-order valence-electron chi connectivity index (χ2n) is 7.09. The van der Waals surface area contributed by atoms with E-state index < -0.39 is 0 Å². The number of benzene rings is 2. The Labute approximate surface area is 190 Å². The van der Waals surface area contributed by atoms with Gasteiger partial charge in [0.25, 0.3) is 0 Å². The molecule has 0 N–H and O–H groups in total. The predicted molar refractivity (Wildman–Crippen MR) is 127 cm³/mol. The van der Waals surface area contributed by atoms with Crippen LogP contribution in [0.25, 0.3) is 22.5 Å². The summed E-state index contributed by atoms with van der Waals surface area (Å²) in [5.41, 5.74) is 4.63. The van der Waals surface area contributed by atoms with Crippen molar-refractivity contribution < 1.29 is 4.79 Å². The molecular formula is C24H22N4OS2. The lowest BCUT2D eigenvalue weighted by Gasteiger charge is -2.16. The van der Waals surface area contributed by atoms with Crippen LogP contribution in [-0.2, 0) is 11.3 Å². The van der Waals surface area contributed by atoms with E-state index >= 15 is 0 Å². The van der Waals surface area contributed by atoms with Crippen molar-refractivity contribution in [3.8, 4) is 22.5 Å². The number of aromatic nitrogens is 3. The number of rotatable bonds is 7. The maximum Gasteiger partial charge on any atom is 0.233 e. The zero-order chi connectivity index (χ0) is 21.6. The van der Waals surface area contributed by atoms with Crippen molar-refractivity contribution in [3.63, 3.8) is 0 Å². The standard InChI is InChI=1S/C24H22N4OS2/c1-17-13-14-30-20(17)15-28(2)21(29)16-31-24-25-22(18-9-5-3-6-10-18)23(26-27-24)19-11-7-4-8-12-19/h3-14H,15-16H2,1-2H3. The summed E-state index contributed by atoms with van der Waals surface area (Å²) < 4.78 is 0. The monoisotopic (exact) mass is 446 g/mol. The lowest BCUT2D eigenvalue weighted by atomic mass is 10.0. The third kappa shape index (κ3) is 5.18. The molecule has 2 heterocycles. The van der Waals surface area contributed by atoms with Gasteiger partial charge in [-0.2, -0.15) is 0 Å². The average molecular weight is 447 g/mol. The minimum absolute atomic E-state index is 0.0368. The summed E-state index contributed by atoms with van der Waals surface area (Å²) in [5, 5.41) is 11.3. The smallest absolute Gasteiger partial charge is 0.233 e. The third-order valence-corrected chi connectivity index (χ3v) is 6.69. The molecule has 2 aromatic carbocycles. The van der Waals surface area contributed by atoms with Gasteiger partial charge >= 0.3 is 0 Å². The number of hydrogen-bond acceptors (Lipinski definition) is 6. The first-order valence-corrected chi connectivity index (χ1v) is 11.7. The van der Waals surface area contributed by atoms with Crippen LogP contribution in [0.4, 0.5) is 0 Å². The molecule has 7 heteroatoms. The maximum absolute atomic E-state index is 12.6. The van der Waals surface area contributed by atoms with E-state index in [-0.39, 0.29) is 11.7 Å². The normalized spacial score (nSPS) is 10.8.